The van der Waals surface area contributed by atoms with Crippen molar-refractivity contribution in [2.45, 2.75) is 33.3 Å². The number of aromatic carboxylic acids is 1. The molecule has 0 aliphatic carbocycles. The minimum Gasteiger partial charge on any atom is -0.493 e. The van der Waals surface area contributed by atoms with Crippen LogP contribution in [0.5, 0.6) is 23.0 Å². The van der Waals surface area contributed by atoms with Crippen LogP contribution in [0.25, 0.3) is 0 Å². The van der Waals surface area contributed by atoms with Gasteiger partial charge in [0, 0.05) is 6.07 Å². The van der Waals surface area contributed by atoms with Crippen LogP contribution in [0, 0.1) is 6.92 Å². The normalized spacial score (nSPS) is 11.3. The molecule has 11 heteroatoms. The molecule has 0 unspecified atom stereocenters. The van der Waals surface area contributed by atoms with Gasteiger partial charge in [0.1, 0.15) is 17.1 Å². The molecular weight excluding hydrogens is 422 g/mol. The van der Waals surface area contributed by atoms with Crippen LogP contribution in [-0.4, -0.2) is 24.5 Å². The zero-order valence-corrected chi connectivity index (χ0v) is 16.2. The lowest BCUT2D eigenvalue weighted by Gasteiger charge is -2.17. The molecule has 166 valence electrons. The van der Waals surface area contributed by atoms with E-state index in [4.69, 9.17) is 9.47 Å². The molecule has 0 aromatic heterocycles. The van der Waals surface area contributed by atoms with Crippen LogP contribution in [0.4, 0.5) is 26.3 Å². The van der Waals surface area contributed by atoms with Crippen molar-refractivity contribution >= 4 is 5.97 Å². The van der Waals surface area contributed by atoms with Gasteiger partial charge in [0.05, 0.1) is 12.7 Å². The van der Waals surface area contributed by atoms with E-state index in [-0.39, 0.29) is 17.1 Å². The quantitative estimate of drug-likeness (QED) is 0.543. The first kappa shape index (κ1) is 24.9. The van der Waals surface area contributed by atoms with Gasteiger partial charge in [-0.2, -0.15) is 13.2 Å². The second kappa shape index (κ2) is 9.59. The summed E-state index contributed by atoms with van der Waals surface area (Å²) in [5.74, 6) is -3.47. The molecule has 0 aliphatic heterocycles. The van der Waals surface area contributed by atoms with E-state index in [2.05, 4.69) is 4.74 Å². The van der Waals surface area contributed by atoms with Crippen LogP contribution in [0.3, 0.4) is 0 Å². The molecule has 0 saturated heterocycles. The molecule has 0 radical (unpaired) electrons. The number of alkyl halides is 6. The highest BCUT2D eigenvalue weighted by Gasteiger charge is 2.34. The van der Waals surface area contributed by atoms with Gasteiger partial charge in [0.15, 0.2) is 11.5 Å². The van der Waals surface area contributed by atoms with Crippen molar-refractivity contribution in [3.8, 4) is 23.0 Å². The summed E-state index contributed by atoms with van der Waals surface area (Å²) in [6, 6.07) is 3.71. The molecule has 2 aromatic carbocycles. The Morgan fingerprint density at radius 2 is 1.53 bits per heavy atom. The first-order valence-corrected chi connectivity index (χ1v) is 8.38. The summed E-state index contributed by atoms with van der Waals surface area (Å²) in [5.41, 5.74) is -1.90. The standard InChI is InChI=1S/C17H12F6O5.C2H6/c1-8-5-9(16(18,19)20)6-13(14(8)15(24)25)27-11-4-3-10(7-12(11)26-2)28-17(21,22)23;1-2/h3-7H,1-2H3,(H,24,25);1-2H3. The lowest BCUT2D eigenvalue weighted by atomic mass is 10.0. The van der Waals surface area contributed by atoms with E-state index in [0.717, 1.165) is 32.2 Å². The molecule has 0 bridgehead atoms. The van der Waals surface area contributed by atoms with Gasteiger partial charge in [-0.3, -0.25) is 0 Å². The fraction of sp³-hybridized carbons (Fsp3) is 0.316. The maximum Gasteiger partial charge on any atom is 0.573 e. The lowest BCUT2D eigenvalue weighted by Crippen LogP contribution is -2.17. The number of methoxy groups -OCH3 is 1. The topological polar surface area (TPSA) is 65.0 Å². The molecule has 2 rings (SSSR count). The van der Waals surface area contributed by atoms with E-state index in [1.165, 1.54) is 0 Å². The fourth-order valence-corrected chi connectivity index (χ4v) is 2.32. The van der Waals surface area contributed by atoms with Crippen molar-refractivity contribution in [2.24, 2.45) is 0 Å². The van der Waals surface area contributed by atoms with Gasteiger partial charge in [0.25, 0.3) is 0 Å². The molecular formula is C19H18F6O5. The first-order valence-electron chi connectivity index (χ1n) is 8.38. The smallest absolute Gasteiger partial charge is 0.493 e. The Balaban J connectivity index is 0.00000218. The van der Waals surface area contributed by atoms with Gasteiger partial charge in [-0.1, -0.05) is 13.8 Å². The number of benzene rings is 2. The summed E-state index contributed by atoms with van der Waals surface area (Å²) >= 11 is 0. The zero-order chi connectivity index (χ0) is 23.3. The molecule has 0 amide bonds. The van der Waals surface area contributed by atoms with Gasteiger partial charge in [-0.05, 0) is 36.8 Å². The number of rotatable bonds is 5. The Kier molecular flexibility index (Phi) is 7.97. The molecule has 30 heavy (non-hydrogen) atoms. The van der Waals surface area contributed by atoms with Crippen LogP contribution in [0.2, 0.25) is 0 Å². The van der Waals surface area contributed by atoms with Crippen LogP contribution < -0.4 is 14.2 Å². The predicted octanol–water partition coefficient (Wildman–Crippen LogP) is 6.44. The van der Waals surface area contributed by atoms with E-state index in [1.807, 2.05) is 13.8 Å². The SMILES string of the molecule is CC.COc1cc(OC(F)(F)F)ccc1Oc1cc(C(F)(F)F)cc(C)c1C(=O)O. The Bertz CT molecular complexity index is 890. The highest BCUT2D eigenvalue weighted by Crippen LogP contribution is 2.40. The summed E-state index contributed by atoms with van der Waals surface area (Å²) in [5, 5.41) is 9.28. The summed E-state index contributed by atoms with van der Waals surface area (Å²) in [6.07, 6.45) is -9.74. The van der Waals surface area contributed by atoms with Gasteiger partial charge in [-0.25, -0.2) is 4.79 Å². The van der Waals surface area contributed by atoms with Crippen molar-refractivity contribution < 1.29 is 50.5 Å². The minimum absolute atomic E-state index is 0.215. The summed E-state index contributed by atoms with van der Waals surface area (Å²) in [6.45, 7) is 5.16. The highest BCUT2D eigenvalue weighted by molar-refractivity contribution is 5.93. The molecule has 0 aliphatic rings. The van der Waals surface area contributed by atoms with E-state index in [1.54, 1.807) is 0 Å². The van der Waals surface area contributed by atoms with Crippen molar-refractivity contribution in [2.75, 3.05) is 7.11 Å². The fourth-order valence-electron chi connectivity index (χ4n) is 2.32. The van der Waals surface area contributed by atoms with Crippen LogP contribution in [0.1, 0.15) is 35.3 Å². The number of hydrogen-bond donors (Lipinski definition) is 1. The van der Waals surface area contributed by atoms with Crippen LogP contribution in [0.15, 0.2) is 30.3 Å². The number of carboxylic acids is 1. The maximum atomic E-state index is 13.0. The second-order valence-electron chi connectivity index (χ2n) is 5.43. The lowest BCUT2D eigenvalue weighted by molar-refractivity contribution is -0.274. The van der Waals surface area contributed by atoms with E-state index < -0.39 is 41.1 Å². The molecule has 0 fully saturated rings. The Labute approximate surface area is 167 Å². The Hall–Kier alpha value is -3.11. The molecule has 0 spiro atoms. The van der Waals surface area contributed by atoms with Gasteiger partial charge < -0.3 is 19.3 Å². The summed E-state index contributed by atoms with van der Waals surface area (Å²) < 4.78 is 89.8. The van der Waals surface area contributed by atoms with Crippen molar-refractivity contribution in [1.29, 1.82) is 0 Å². The van der Waals surface area contributed by atoms with Crippen LogP contribution in [-0.2, 0) is 6.18 Å². The Morgan fingerprint density at radius 3 is 2.00 bits per heavy atom. The molecule has 1 N–H and O–H groups in total. The number of carbonyl (C=O) groups is 1. The Morgan fingerprint density at radius 1 is 0.933 bits per heavy atom. The third kappa shape index (κ3) is 6.46. The van der Waals surface area contributed by atoms with E-state index >= 15 is 0 Å². The van der Waals surface area contributed by atoms with Crippen LogP contribution >= 0.6 is 0 Å². The van der Waals surface area contributed by atoms with Gasteiger partial charge >= 0.3 is 18.5 Å². The average molecular weight is 440 g/mol. The molecule has 0 saturated carbocycles. The minimum atomic E-state index is -4.97. The molecule has 0 atom stereocenters. The monoisotopic (exact) mass is 440 g/mol. The third-order valence-electron chi connectivity index (χ3n) is 3.43. The van der Waals surface area contributed by atoms with Crippen molar-refractivity contribution in [3.63, 3.8) is 0 Å². The highest BCUT2D eigenvalue weighted by atomic mass is 19.4. The summed E-state index contributed by atoms with van der Waals surface area (Å²) in [7, 11) is 1.08. The van der Waals surface area contributed by atoms with E-state index in [0.29, 0.717) is 12.1 Å². The van der Waals surface area contributed by atoms with Crippen molar-refractivity contribution in [3.05, 3.63) is 47.0 Å². The average Bonchev–Trinajstić information content (AvgIpc) is 2.61. The number of hydrogen-bond acceptors (Lipinski definition) is 4. The largest absolute Gasteiger partial charge is 0.573 e. The number of halogens is 6. The summed E-state index contributed by atoms with van der Waals surface area (Å²) in [4.78, 5) is 11.4. The molecule has 5 nitrogen and oxygen atoms in total. The maximum absolute atomic E-state index is 13.0. The first-order chi connectivity index (χ1) is 13.8. The van der Waals surface area contributed by atoms with Crippen molar-refractivity contribution in [1.82, 2.24) is 0 Å². The number of aryl methyl sites for hydroxylation is 1. The third-order valence-corrected chi connectivity index (χ3v) is 3.43. The van der Waals surface area contributed by atoms with Gasteiger partial charge in [-0.15, -0.1) is 13.2 Å². The van der Waals surface area contributed by atoms with Gasteiger partial charge in [0.2, 0.25) is 0 Å². The number of carboxylic acid groups (broad SMARTS) is 1. The molecule has 0 heterocycles. The zero-order valence-electron chi connectivity index (χ0n) is 16.2. The second-order valence-corrected chi connectivity index (χ2v) is 5.43. The molecule has 2 aromatic rings. The predicted molar refractivity (Wildman–Crippen MR) is 94.2 cm³/mol. The number of ether oxygens (including phenoxy) is 3. The van der Waals surface area contributed by atoms with E-state index in [9.17, 15) is 36.2 Å².